The molecule has 2 N–H and O–H groups in total. The number of nitrogens with zero attached hydrogens (tertiary/aromatic N) is 2. The molecule has 0 saturated heterocycles. The number of rotatable bonds is 4. The molecular weight excluding hydrogens is 433 g/mol. The second-order valence-corrected chi connectivity index (χ2v) is 7.80. The summed E-state index contributed by atoms with van der Waals surface area (Å²) in [4.78, 5) is 12.9. The summed E-state index contributed by atoms with van der Waals surface area (Å²) in [6, 6.07) is 21.1. The van der Waals surface area contributed by atoms with E-state index in [0.717, 1.165) is 10.9 Å². The average Bonchev–Trinajstić information content (AvgIpc) is 2.76. The molecule has 5 nitrogen and oxygen atoms in total. The zero-order valence-electron chi connectivity index (χ0n) is 16.4. The molecule has 4 aromatic rings. The van der Waals surface area contributed by atoms with Crippen molar-refractivity contribution in [2.45, 2.75) is 6.92 Å². The van der Waals surface area contributed by atoms with Crippen LogP contribution in [0.2, 0.25) is 10.0 Å². The number of phenols is 1. The highest BCUT2D eigenvalue weighted by molar-refractivity contribution is 6.35. The predicted molar refractivity (Wildman–Crippen MR) is 125 cm³/mol. The van der Waals surface area contributed by atoms with E-state index in [1.165, 1.54) is 0 Å². The van der Waals surface area contributed by atoms with E-state index in [1.807, 2.05) is 37.3 Å². The molecule has 0 radical (unpaired) electrons. The van der Waals surface area contributed by atoms with Crippen LogP contribution in [0.5, 0.6) is 5.75 Å². The minimum absolute atomic E-state index is 0.0883. The van der Waals surface area contributed by atoms with Gasteiger partial charge in [-0.3, -0.25) is 4.79 Å². The maximum absolute atomic E-state index is 12.9. The van der Waals surface area contributed by atoms with Gasteiger partial charge in [-0.1, -0.05) is 65.2 Å². The van der Waals surface area contributed by atoms with Crippen molar-refractivity contribution in [2.24, 2.45) is 10.2 Å². The fourth-order valence-corrected chi connectivity index (χ4v) is 3.42. The highest BCUT2D eigenvalue weighted by Gasteiger charge is 2.18. The first-order valence-corrected chi connectivity index (χ1v) is 10.2. The van der Waals surface area contributed by atoms with Crippen molar-refractivity contribution < 1.29 is 9.90 Å². The van der Waals surface area contributed by atoms with Gasteiger partial charge in [0.1, 0.15) is 11.4 Å². The van der Waals surface area contributed by atoms with E-state index in [1.54, 1.807) is 42.5 Å². The van der Waals surface area contributed by atoms with Gasteiger partial charge in [0, 0.05) is 16.1 Å². The molecule has 154 valence electrons. The molecule has 0 aliphatic rings. The average molecular weight is 450 g/mol. The van der Waals surface area contributed by atoms with Crippen LogP contribution in [-0.4, -0.2) is 11.0 Å². The zero-order valence-corrected chi connectivity index (χ0v) is 17.9. The highest BCUT2D eigenvalue weighted by atomic mass is 35.5. The van der Waals surface area contributed by atoms with Gasteiger partial charge in [0.25, 0.3) is 5.91 Å². The van der Waals surface area contributed by atoms with Crippen LogP contribution < -0.4 is 5.32 Å². The lowest BCUT2D eigenvalue weighted by atomic mass is 10.0. The number of aryl methyl sites for hydroxylation is 1. The van der Waals surface area contributed by atoms with Crippen LogP contribution in [0.1, 0.15) is 15.9 Å². The summed E-state index contributed by atoms with van der Waals surface area (Å²) in [5, 5.41) is 24.3. The molecule has 0 unspecified atom stereocenters. The van der Waals surface area contributed by atoms with Crippen molar-refractivity contribution in [1.82, 2.24) is 0 Å². The minimum atomic E-state index is -0.454. The Labute approximate surface area is 189 Å². The van der Waals surface area contributed by atoms with Crippen molar-refractivity contribution in [1.29, 1.82) is 0 Å². The standard InChI is InChI=1S/C24H17Cl2N3O2/c1-14-6-9-17(10-7-14)27-24(31)19-12-15-4-2-3-5-18(15)22(23(19)30)29-28-21-13-16(25)8-11-20(21)26/h2-13,30H,1H3,(H,27,31). The van der Waals surface area contributed by atoms with Gasteiger partial charge in [-0.05, 0) is 48.7 Å². The van der Waals surface area contributed by atoms with Crippen LogP contribution in [0.3, 0.4) is 0 Å². The maximum Gasteiger partial charge on any atom is 0.259 e. The molecule has 0 heterocycles. The normalized spacial score (nSPS) is 11.2. The van der Waals surface area contributed by atoms with Gasteiger partial charge in [0.2, 0.25) is 0 Å². The summed E-state index contributed by atoms with van der Waals surface area (Å²) in [5.74, 6) is -0.727. The third-order valence-corrected chi connectivity index (χ3v) is 5.27. The summed E-state index contributed by atoms with van der Waals surface area (Å²) in [6.07, 6.45) is 0. The number of hydrogen-bond acceptors (Lipinski definition) is 4. The lowest BCUT2D eigenvalue weighted by Gasteiger charge is -2.11. The van der Waals surface area contributed by atoms with E-state index in [-0.39, 0.29) is 17.0 Å². The Morgan fingerprint density at radius 3 is 2.45 bits per heavy atom. The third kappa shape index (κ3) is 4.53. The molecular formula is C24H17Cl2N3O2. The molecule has 4 rings (SSSR count). The first kappa shape index (κ1) is 20.8. The molecule has 0 aliphatic heterocycles. The van der Waals surface area contributed by atoms with Crippen molar-refractivity contribution in [3.05, 3.63) is 94.0 Å². The molecule has 0 aromatic heterocycles. The van der Waals surface area contributed by atoms with E-state index in [2.05, 4.69) is 15.5 Å². The molecule has 0 atom stereocenters. The van der Waals surface area contributed by atoms with Gasteiger partial charge in [0.05, 0.1) is 10.6 Å². The van der Waals surface area contributed by atoms with Gasteiger partial charge in [-0.15, -0.1) is 10.2 Å². The van der Waals surface area contributed by atoms with Crippen LogP contribution in [0.4, 0.5) is 17.1 Å². The molecule has 7 heteroatoms. The van der Waals surface area contributed by atoms with E-state index in [9.17, 15) is 9.90 Å². The summed E-state index contributed by atoms with van der Waals surface area (Å²) in [5.41, 5.74) is 2.31. The molecule has 4 aromatic carbocycles. The minimum Gasteiger partial charge on any atom is -0.505 e. The number of aromatic hydroxyl groups is 1. The fraction of sp³-hybridized carbons (Fsp3) is 0.0417. The van der Waals surface area contributed by atoms with Gasteiger partial charge < -0.3 is 10.4 Å². The number of azo groups is 1. The number of fused-ring (bicyclic) bond motifs is 1. The predicted octanol–water partition coefficient (Wildman–Crippen LogP) is 7.83. The van der Waals surface area contributed by atoms with E-state index in [0.29, 0.717) is 26.8 Å². The van der Waals surface area contributed by atoms with Gasteiger partial charge >= 0.3 is 0 Å². The number of anilines is 1. The Kier molecular flexibility index (Phi) is 5.89. The second-order valence-electron chi connectivity index (χ2n) is 6.96. The van der Waals surface area contributed by atoms with E-state index >= 15 is 0 Å². The second kappa shape index (κ2) is 8.76. The fourth-order valence-electron chi connectivity index (χ4n) is 3.09. The van der Waals surface area contributed by atoms with Gasteiger partial charge in [0.15, 0.2) is 5.75 Å². The summed E-state index contributed by atoms with van der Waals surface area (Å²) >= 11 is 12.2. The molecule has 0 aliphatic carbocycles. The lowest BCUT2D eigenvalue weighted by molar-refractivity contribution is 0.102. The van der Waals surface area contributed by atoms with E-state index in [4.69, 9.17) is 23.2 Å². The number of carbonyl (C=O) groups is 1. The number of halogens is 2. The summed E-state index contributed by atoms with van der Waals surface area (Å²) < 4.78 is 0. The lowest BCUT2D eigenvalue weighted by Crippen LogP contribution is -2.12. The number of phenolic OH excluding ortho intramolecular Hbond substituents is 1. The molecule has 0 saturated carbocycles. The topological polar surface area (TPSA) is 74.0 Å². The quantitative estimate of drug-likeness (QED) is 0.311. The van der Waals surface area contributed by atoms with E-state index < -0.39 is 5.91 Å². The molecule has 0 bridgehead atoms. The van der Waals surface area contributed by atoms with Crippen molar-refractivity contribution >= 4 is 56.9 Å². The Morgan fingerprint density at radius 2 is 1.68 bits per heavy atom. The Bertz CT molecular complexity index is 1320. The molecule has 0 fully saturated rings. The molecule has 1 amide bonds. The number of benzene rings is 4. The van der Waals surface area contributed by atoms with Crippen molar-refractivity contribution in [3.8, 4) is 5.75 Å². The smallest absolute Gasteiger partial charge is 0.259 e. The molecule has 31 heavy (non-hydrogen) atoms. The number of nitrogens with one attached hydrogen (secondary N) is 1. The van der Waals surface area contributed by atoms with Crippen molar-refractivity contribution in [2.75, 3.05) is 5.32 Å². The van der Waals surface area contributed by atoms with Crippen LogP contribution in [-0.2, 0) is 0 Å². The first-order valence-electron chi connectivity index (χ1n) is 9.42. The monoisotopic (exact) mass is 449 g/mol. The Morgan fingerprint density at radius 1 is 0.935 bits per heavy atom. The highest BCUT2D eigenvalue weighted by Crippen LogP contribution is 2.40. The van der Waals surface area contributed by atoms with Crippen LogP contribution in [0, 0.1) is 6.92 Å². The Balaban J connectivity index is 1.78. The van der Waals surface area contributed by atoms with Crippen LogP contribution >= 0.6 is 23.2 Å². The number of carbonyl (C=O) groups excluding carboxylic acids is 1. The van der Waals surface area contributed by atoms with Gasteiger partial charge in [-0.25, -0.2) is 0 Å². The van der Waals surface area contributed by atoms with Crippen molar-refractivity contribution in [3.63, 3.8) is 0 Å². The first-order chi connectivity index (χ1) is 14.9. The third-order valence-electron chi connectivity index (χ3n) is 4.72. The van der Waals surface area contributed by atoms with Crippen LogP contribution in [0.15, 0.2) is 83.0 Å². The largest absolute Gasteiger partial charge is 0.505 e. The maximum atomic E-state index is 12.9. The zero-order chi connectivity index (χ0) is 22.0. The summed E-state index contributed by atoms with van der Waals surface area (Å²) in [7, 11) is 0. The SMILES string of the molecule is Cc1ccc(NC(=O)c2cc3ccccc3c(N=Nc3cc(Cl)ccc3Cl)c2O)cc1. The number of hydrogen-bond donors (Lipinski definition) is 2. The number of amides is 1. The summed E-state index contributed by atoms with van der Waals surface area (Å²) in [6.45, 7) is 1.96. The Hall–Kier alpha value is -3.41. The van der Waals surface area contributed by atoms with Gasteiger partial charge in [-0.2, -0.15) is 0 Å². The van der Waals surface area contributed by atoms with Crippen LogP contribution in [0.25, 0.3) is 10.8 Å². The molecule has 0 spiro atoms.